The van der Waals surface area contributed by atoms with Crippen LogP contribution in [0.1, 0.15) is 33.2 Å². The SMILES string of the molecule is Cc1ccccc1NC(=O)Cc1nc(COC(=O)C=Cc2c(C)nn(-c3ccc(F)cc3)c2C)cs1. The van der Waals surface area contributed by atoms with Crippen LogP contribution >= 0.6 is 11.3 Å². The highest BCUT2D eigenvalue weighted by Crippen LogP contribution is 2.20. The van der Waals surface area contributed by atoms with Crippen molar-refractivity contribution in [2.24, 2.45) is 0 Å². The standard InChI is InChI=1S/C27H25FN4O3S/c1-17-6-4-5-7-24(17)30-25(33)14-26-29-21(16-36-26)15-35-27(34)13-12-23-18(2)31-32(19(23)3)22-10-8-20(28)9-11-22/h4-13,16H,14-15H2,1-3H3,(H,30,33). The number of para-hydroxylation sites is 1. The van der Waals surface area contributed by atoms with E-state index in [1.54, 1.807) is 28.3 Å². The van der Waals surface area contributed by atoms with Gasteiger partial charge in [0.25, 0.3) is 0 Å². The third kappa shape index (κ3) is 6.11. The average Bonchev–Trinajstić information content (AvgIpc) is 3.41. The van der Waals surface area contributed by atoms with Crippen LogP contribution < -0.4 is 5.32 Å². The van der Waals surface area contributed by atoms with Gasteiger partial charge in [-0.3, -0.25) is 4.79 Å². The van der Waals surface area contributed by atoms with Crippen molar-refractivity contribution >= 4 is 35.0 Å². The van der Waals surface area contributed by atoms with Gasteiger partial charge < -0.3 is 10.1 Å². The summed E-state index contributed by atoms with van der Waals surface area (Å²) in [5, 5.41) is 9.79. The van der Waals surface area contributed by atoms with Crippen molar-refractivity contribution in [1.82, 2.24) is 14.8 Å². The van der Waals surface area contributed by atoms with Crippen molar-refractivity contribution in [3.8, 4) is 5.69 Å². The molecule has 0 saturated carbocycles. The molecule has 0 saturated heterocycles. The molecule has 0 spiro atoms. The second-order valence-corrected chi connectivity index (χ2v) is 9.13. The van der Waals surface area contributed by atoms with Crippen molar-refractivity contribution in [2.45, 2.75) is 33.8 Å². The van der Waals surface area contributed by atoms with Crippen LogP contribution in [-0.4, -0.2) is 26.6 Å². The maximum absolute atomic E-state index is 13.2. The Balaban J connectivity index is 1.31. The topological polar surface area (TPSA) is 86.1 Å². The third-order valence-electron chi connectivity index (χ3n) is 5.50. The summed E-state index contributed by atoms with van der Waals surface area (Å²) in [6, 6.07) is 13.6. The number of hydrogen-bond donors (Lipinski definition) is 1. The predicted molar refractivity (Wildman–Crippen MR) is 137 cm³/mol. The first kappa shape index (κ1) is 25.0. The highest BCUT2D eigenvalue weighted by molar-refractivity contribution is 7.09. The van der Waals surface area contributed by atoms with Gasteiger partial charge in [-0.2, -0.15) is 5.10 Å². The lowest BCUT2D eigenvalue weighted by Crippen LogP contribution is -2.15. The van der Waals surface area contributed by atoms with Crippen LogP contribution in [0.15, 0.2) is 60.0 Å². The number of nitrogens with zero attached hydrogens (tertiary/aromatic N) is 3. The van der Waals surface area contributed by atoms with Gasteiger partial charge in [0.2, 0.25) is 5.91 Å². The quantitative estimate of drug-likeness (QED) is 0.259. The Morgan fingerprint density at radius 1 is 1.11 bits per heavy atom. The molecule has 36 heavy (non-hydrogen) atoms. The predicted octanol–water partition coefficient (Wildman–Crippen LogP) is 5.33. The Kier molecular flexibility index (Phi) is 7.70. The number of thiazole rings is 1. The number of halogens is 1. The Bertz CT molecular complexity index is 1420. The molecule has 0 atom stereocenters. The van der Waals surface area contributed by atoms with Gasteiger partial charge in [0, 0.05) is 28.4 Å². The van der Waals surface area contributed by atoms with E-state index in [0.717, 1.165) is 33.9 Å². The highest BCUT2D eigenvalue weighted by atomic mass is 32.1. The van der Waals surface area contributed by atoms with Crippen molar-refractivity contribution < 1.29 is 18.7 Å². The highest BCUT2D eigenvalue weighted by Gasteiger charge is 2.13. The minimum Gasteiger partial charge on any atom is -0.456 e. The van der Waals surface area contributed by atoms with Crippen LogP contribution in [-0.2, 0) is 27.4 Å². The summed E-state index contributed by atoms with van der Waals surface area (Å²) < 4.78 is 20.2. The lowest BCUT2D eigenvalue weighted by atomic mass is 10.2. The molecule has 2 heterocycles. The van der Waals surface area contributed by atoms with E-state index in [-0.39, 0.29) is 24.8 Å². The normalized spacial score (nSPS) is 11.1. The van der Waals surface area contributed by atoms with E-state index in [2.05, 4.69) is 15.4 Å². The molecule has 0 fully saturated rings. The van der Waals surface area contributed by atoms with Crippen molar-refractivity contribution in [3.63, 3.8) is 0 Å². The number of hydrogen-bond acceptors (Lipinski definition) is 6. The molecule has 184 valence electrons. The van der Waals surface area contributed by atoms with E-state index in [9.17, 15) is 14.0 Å². The fraction of sp³-hybridized carbons (Fsp3) is 0.185. The lowest BCUT2D eigenvalue weighted by molar-refractivity contribution is -0.139. The van der Waals surface area contributed by atoms with Gasteiger partial charge in [0.1, 0.15) is 17.4 Å². The van der Waals surface area contributed by atoms with Crippen LogP contribution in [0.2, 0.25) is 0 Å². The molecule has 0 bridgehead atoms. The number of esters is 1. The fourth-order valence-corrected chi connectivity index (χ4v) is 4.39. The van der Waals surface area contributed by atoms with Crippen LogP contribution in [0.4, 0.5) is 10.1 Å². The first-order valence-electron chi connectivity index (χ1n) is 11.3. The number of aryl methyl sites for hydroxylation is 2. The minimum absolute atomic E-state index is 0.00584. The molecule has 1 amide bonds. The first-order chi connectivity index (χ1) is 17.3. The summed E-state index contributed by atoms with van der Waals surface area (Å²) in [6.07, 6.45) is 3.14. The largest absolute Gasteiger partial charge is 0.456 e. The van der Waals surface area contributed by atoms with Crippen molar-refractivity contribution in [2.75, 3.05) is 5.32 Å². The Labute approximate surface area is 212 Å². The van der Waals surface area contributed by atoms with Crippen LogP contribution in [0.5, 0.6) is 0 Å². The number of anilines is 1. The maximum Gasteiger partial charge on any atom is 0.331 e. The third-order valence-corrected chi connectivity index (χ3v) is 6.39. The molecular formula is C27H25FN4O3S. The van der Waals surface area contributed by atoms with Gasteiger partial charge in [-0.05, 0) is 62.7 Å². The summed E-state index contributed by atoms with van der Waals surface area (Å²) in [7, 11) is 0. The summed E-state index contributed by atoms with van der Waals surface area (Å²) in [4.78, 5) is 29.0. The second-order valence-electron chi connectivity index (χ2n) is 8.19. The Hall–Kier alpha value is -4.11. The zero-order valence-electron chi connectivity index (χ0n) is 20.1. The molecule has 0 aliphatic heterocycles. The number of carbonyl (C=O) groups is 2. The summed E-state index contributed by atoms with van der Waals surface area (Å²) in [5.74, 6) is -0.992. The molecule has 7 nitrogen and oxygen atoms in total. The smallest absolute Gasteiger partial charge is 0.331 e. The van der Waals surface area contributed by atoms with Crippen LogP contribution in [0, 0.1) is 26.6 Å². The van der Waals surface area contributed by atoms with Gasteiger partial charge in [-0.25, -0.2) is 18.9 Å². The monoisotopic (exact) mass is 504 g/mol. The fourth-order valence-electron chi connectivity index (χ4n) is 3.62. The number of carbonyl (C=O) groups excluding carboxylic acids is 2. The zero-order chi connectivity index (χ0) is 25.7. The molecule has 4 rings (SSSR count). The molecular weight excluding hydrogens is 479 g/mol. The molecule has 4 aromatic rings. The van der Waals surface area contributed by atoms with E-state index < -0.39 is 5.97 Å². The van der Waals surface area contributed by atoms with Crippen LogP contribution in [0.3, 0.4) is 0 Å². The number of ether oxygens (including phenoxy) is 1. The zero-order valence-corrected chi connectivity index (χ0v) is 20.9. The number of amides is 1. The summed E-state index contributed by atoms with van der Waals surface area (Å²) in [5.41, 5.74) is 5.40. The molecule has 2 aromatic heterocycles. The van der Waals surface area contributed by atoms with Gasteiger partial charge >= 0.3 is 5.97 Å². The number of nitrogens with one attached hydrogen (secondary N) is 1. The molecule has 0 aliphatic carbocycles. The van der Waals surface area contributed by atoms with E-state index in [0.29, 0.717) is 10.7 Å². The molecule has 9 heteroatoms. The molecule has 0 aliphatic rings. The molecule has 1 N–H and O–H groups in total. The van der Waals surface area contributed by atoms with Crippen molar-refractivity contribution in [3.05, 3.63) is 99.0 Å². The summed E-state index contributed by atoms with van der Waals surface area (Å²) in [6.45, 7) is 5.65. The van der Waals surface area contributed by atoms with E-state index in [4.69, 9.17) is 4.74 Å². The maximum atomic E-state index is 13.2. The molecule has 2 aromatic carbocycles. The Morgan fingerprint density at radius 3 is 2.61 bits per heavy atom. The van der Waals surface area contributed by atoms with Gasteiger partial charge in [0.15, 0.2) is 0 Å². The van der Waals surface area contributed by atoms with E-state index in [1.165, 1.54) is 29.5 Å². The minimum atomic E-state index is -0.518. The number of rotatable bonds is 8. The van der Waals surface area contributed by atoms with Gasteiger partial charge in [0.05, 0.1) is 23.5 Å². The number of aromatic nitrogens is 3. The van der Waals surface area contributed by atoms with E-state index in [1.807, 2.05) is 45.0 Å². The first-order valence-corrected chi connectivity index (χ1v) is 12.1. The Morgan fingerprint density at radius 2 is 1.86 bits per heavy atom. The average molecular weight is 505 g/mol. The van der Waals surface area contributed by atoms with Gasteiger partial charge in [-0.15, -0.1) is 11.3 Å². The molecule has 0 radical (unpaired) electrons. The lowest BCUT2D eigenvalue weighted by Gasteiger charge is -2.06. The molecule has 0 unspecified atom stereocenters. The summed E-state index contributed by atoms with van der Waals surface area (Å²) >= 11 is 1.34. The van der Waals surface area contributed by atoms with Crippen LogP contribution in [0.25, 0.3) is 11.8 Å². The number of benzene rings is 2. The second kappa shape index (κ2) is 11.1. The van der Waals surface area contributed by atoms with E-state index >= 15 is 0 Å². The van der Waals surface area contributed by atoms with Gasteiger partial charge in [-0.1, -0.05) is 18.2 Å². The van der Waals surface area contributed by atoms with Crippen molar-refractivity contribution in [1.29, 1.82) is 0 Å².